The van der Waals surface area contributed by atoms with Crippen molar-refractivity contribution in [3.05, 3.63) is 47.5 Å². The first-order chi connectivity index (χ1) is 10.0. The van der Waals surface area contributed by atoms with Crippen molar-refractivity contribution < 1.29 is 5.11 Å². The maximum Gasteiger partial charge on any atom is 0.0920 e. The Morgan fingerprint density at radius 2 is 1.95 bits per heavy atom. The number of aliphatic hydroxyl groups is 1. The number of likely N-dealkylation sites (tertiary alicyclic amines) is 1. The summed E-state index contributed by atoms with van der Waals surface area (Å²) in [6, 6.07) is 7.65. The number of nitrogens with two attached hydrogens (primary N) is 1. The lowest BCUT2D eigenvalue weighted by Gasteiger charge is -2.38. The average molecular weight is 309 g/mol. The minimum atomic E-state index is -0.710. The molecule has 21 heavy (non-hydrogen) atoms. The van der Waals surface area contributed by atoms with Crippen molar-refractivity contribution in [3.8, 4) is 0 Å². The third-order valence-electron chi connectivity index (χ3n) is 4.38. The average Bonchev–Trinajstić information content (AvgIpc) is 2.50. The van der Waals surface area contributed by atoms with Crippen LogP contribution in [0.5, 0.6) is 0 Å². The van der Waals surface area contributed by atoms with Gasteiger partial charge in [0.2, 0.25) is 0 Å². The van der Waals surface area contributed by atoms with Crippen LogP contribution in [0, 0.1) is 0 Å². The van der Waals surface area contributed by atoms with Crippen LogP contribution in [0.2, 0.25) is 5.02 Å². The molecule has 0 aliphatic carbocycles. The lowest BCUT2D eigenvalue weighted by molar-refractivity contribution is -0.0261. The Kier molecular flexibility index (Phi) is 5.82. The summed E-state index contributed by atoms with van der Waals surface area (Å²) >= 11 is 5.91. The van der Waals surface area contributed by atoms with Crippen molar-refractivity contribution in [1.29, 1.82) is 0 Å². The van der Waals surface area contributed by atoms with Crippen LogP contribution >= 0.6 is 11.6 Å². The predicted octanol–water partition coefficient (Wildman–Crippen LogP) is 2.92. The van der Waals surface area contributed by atoms with Crippen LogP contribution in [-0.2, 0) is 5.60 Å². The van der Waals surface area contributed by atoms with Gasteiger partial charge in [-0.25, -0.2) is 0 Å². The molecule has 0 spiro atoms. The Balaban J connectivity index is 1.82. The number of nitrogens with zero attached hydrogens (tertiary/aromatic N) is 1. The number of hydrogen-bond acceptors (Lipinski definition) is 3. The Morgan fingerprint density at radius 1 is 1.33 bits per heavy atom. The van der Waals surface area contributed by atoms with E-state index < -0.39 is 5.60 Å². The molecular formula is C17H25ClN2O. The molecule has 1 atom stereocenters. The minimum absolute atomic E-state index is 0.0980. The fourth-order valence-electron chi connectivity index (χ4n) is 2.86. The largest absolute Gasteiger partial charge is 0.385 e. The third-order valence-corrected chi connectivity index (χ3v) is 4.63. The second-order valence-corrected chi connectivity index (χ2v) is 6.36. The molecule has 2 rings (SSSR count). The highest BCUT2D eigenvalue weighted by atomic mass is 35.5. The fourth-order valence-corrected chi connectivity index (χ4v) is 2.99. The summed E-state index contributed by atoms with van der Waals surface area (Å²) in [6.45, 7) is 6.58. The van der Waals surface area contributed by atoms with Crippen molar-refractivity contribution in [3.63, 3.8) is 0 Å². The van der Waals surface area contributed by atoms with E-state index in [-0.39, 0.29) is 6.04 Å². The molecule has 0 amide bonds. The summed E-state index contributed by atoms with van der Waals surface area (Å²) in [5.41, 5.74) is 6.10. The molecule has 0 aromatic heterocycles. The maximum absolute atomic E-state index is 10.8. The van der Waals surface area contributed by atoms with Crippen LogP contribution in [0.1, 0.15) is 31.2 Å². The summed E-state index contributed by atoms with van der Waals surface area (Å²) in [4.78, 5) is 2.40. The van der Waals surface area contributed by atoms with Gasteiger partial charge in [-0.2, -0.15) is 0 Å². The highest BCUT2D eigenvalue weighted by Gasteiger charge is 2.33. The number of halogens is 1. The molecule has 1 fully saturated rings. The molecule has 1 aromatic carbocycles. The van der Waals surface area contributed by atoms with E-state index in [1.165, 1.54) is 0 Å². The van der Waals surface area contributed by atoms with E-state index >= 15 is 0 Å². The standard InChI is InChI=1S/C17H25ClN2O/c1-2-16(19)4-3-11-20-12-9-17(21,10-13-20)14-5-7-15(18)8-6-14/h2,5-8,16,21H,1,3-4,9-13,19H2. The van der Waals surface area contributed by atoms with Gasteiger partial charge < -0.3 is 15.7 Å². The van der Waals surface area contributed by atoms with Crippen molar-refractivity contribution in [2.45, 2.75) is 37.3 Å². The van der Waals surface area contributed by atoms with Gasteiger partial charge >= 0.3 is 0 Å². The van der Waals surface area contributed by atoms with Crippen molar-refractivity contribution in [2.75, 3.05) is 19.6 Å². The molecule has 3 N–H and O–H groups in total. The first kappa shape index (κ1) is 16.5. The topological polar surface area (TPSA) is 49.5 Å². The molecule has 1 aliphatic heterocycles. The molecule has 1 heterocycles. The zero-order chi connectivity index (χ0) is 15.3. The summed E-state index contributed by atoms with van der Waals surface area (Å²) in [5.74, 6) is 0. The first-order valence-electron chi connectivity index (χ1n) is 7.62. The molecule has 4 heteroatoms. The van der Waals surface area contributed by atoms with Gasteiger partial charge in [0.15, 0.2) is 0 Å². The predicted molar refractivity (Wildman–Crippen MR) is 88.4 cm³/mol. The summed E-state index contributed by atoms with van der Waals surface area (Å²) in [7, 11) is 0. The van der Waals surface area contributed by atoms with Gasteiger partial charge in [0.05, 0.1) is 5.60 Å². The normalized spacial score (nSPS) is 20.1. The number of piperidine rings is 1. The molecule has 1 aromatic rings. The van der Waals surface area contributed by atoms with E-state index in [4.69, 9.17) is 17.3 Å². The number of rotatable bonds is 6. The van der Waals surface area contributed by atoms with E-state index in [2.05, 4.69) is 11.5 Å². The molecular weight excluding hydrogens is 284 g/mol. The summed E-state index contributed by atoms with van der Waals surface area (Å²) in [5, 5.41) is 11.5. The molecule has 3 nitrogen and oxygen atoms in total. The van der Waals surface area contributed by atoms with Crippen molar-refractivity contribution in [2.24, 2.45) is 5.73 Å². The Bertz CT molecular complexity index is 452. The maximum atomic E-state index is 10.8. The molecule has 116 valence electrons. The molecule has 0 saturated carbocycles. The van der Waals surface area contributed by atoms with Gasteiger partial charge in [-0.1, -0.05) is 29.8 Å². The Morgan fingerprint density at radius 3 is 2.52 bits per heavy atom. The molecule has 0 bridgehead atoms. The third kappa shape index (κ3) is 4.55. The number of benzene rings is 1. The van der Waals surface area contributed by atoms with Crippen LogP contribution in [-0.4, -0.2) is 35.7 Å². The molecule has 1 unspecified atom stereocenters. The number of hydrogen-bond donors (Lipinski definition) is 2. The van der Waals surface area contributed by atoms with Crippen LogP contribution < -0.4 is 5.73 Å². The van der Waals surface area contributed by atoms with E-state index in [0.717, 1.165) is 50.9 Å². The molecule has 0 radical (unpaired) electrons. The van der Waals surface area contributed by atoms with Crippen molar-refractivity contribution >= 4 is 11.6 Å². The van der Waals surface area contributed by atoms with Gasteiger partial charge in [-0.15, -0.1) is 6.58 Å². The summed E-state index contributed by atoms with van der Waals surface area (Å²) in [6.07, 6.45) is 5.38. The second kappa shape index (κ2) is 7.41. The fraction of sp³-hybridized carbons (Fsp3) is 0.529. The van der Waals surface area contributed by atoms with Crippen LogP contribution in [0.15, 0.2) is 36.9 Å². The lowest BCUT2D eigenvalue weighted by Crippen LogP contribution is -2.43. The Labute approximate surface area is 132 Å². The molecule has 1 saturated heterocycles. The lowest BCUT2D eigenvalue weighted by atomic mass is 9.84. The van der Waals surface area contributed by atoms with Crippen LogP contribution in [0.25, 0.3) is 0 Å². The van der Waals surface area contributed by atoms with Gasteiger partial charge in [-0.3, -0.25) is 0 Å². The van der Waals surface area contributed by atoms with E-state index in [0.29, 0.717) is 5.02 Å². The van der Waals surface area contributed by atoms with Crippen LogP contribution in [0.4, 0.5) is 0 Å². The SMILES string of the molecule is C=CC(N)CCCN1CCC(O)(c2ccc(Cl)cc2)CC1. The Hall–Kier alpha value is -0.870. The highest BCUT2D eigenvalue weighted by Crippen LogP contribution is 2.33. The van der Waals surface area contributed by atoms with Crippen LogP contribution in [0.3, 0.4) is 0 Å². The minimum Gasteiger partial charge on any atom is -0.385 e. The second-order valence-electron chi connectivity index (χ2n) is 5.92. The van der Waals surface area contributed by atoms with Gasteiger partial charge in [0.25, 0.3) is 0 Å². The summed E-state index contributed by atoms with van der Waals surface area (Å²) < 4.78 is 0. The van der Waals surface area contributed by atoms with Gasteiger partial charge in [0.1, 0.15) is 0 Å². The van der Waals surface area contributed by atoms with Gasteiger partial charge in [-0.05, 0) is 49.9 Å². The quantitative estimate of drug-likeness (QED) is 0.795. The van der Waals surface area contributed by atoms with Gasteiger partial charge in [0, 0.05) is 24.2 Å². The van der Waals surface area contributed by atoms with E-state index in [1.807, 2.05) is 24.3 Å². The smallest absolute Gasteiger partial charge is 0.0920 e. The zero-order valence-corrected chi connectivity index (χ0v) is 13.2. The highest BCUT2D eigenvalue weighted by molar-refractivity contribution is 6.30. The van der Waals surface area contributed by atoms with Crippen molar-refractivity contribution in [1.82, 2.24) is 4.90 Å². The van der Waals surface area contributed by atoms with E-state index in [1.54, 1.807) is 6.08 Å². The monoisotopic (exact) mass is 308 g/mol. The zero-order valence-electron chi connectivity index (χ0n) is 12.5. The van der Waals surface area contributed by atoms with E-state index in [9.17, 15) is 5.11 Å². The molecule has 1 aliphatic rings. The first-order valence-corrected chi connectivity index (χ1v) is 8.00.